The predicted molar refractivity (Wildman–Crippen MR) is 113 cm³/mol. The Bertz CT molecular complexity index is 1180. The topological polar surface area (TPSA) is 122 Å². The van der Waals surface area contributed by atoms with Crippen LogP contribution in [-0.4, -0.2) is 55.6 Å². The fraction of sp³-hybridized carbons (Fsp3) is 0.278. The predicted octanol–water partition coefficient (Wildman–Crippen LogP) is 1.22. The van der Waals surface area contributed by atoms with Gasteiger partial charge in [0.2, 0.25) is 32.7 Å². The van der Waals surface area contributed by atoms with Crippen molar-refractivity contribution in [2.24, 2.45) is 0 Å². The summed E-state index contributed by atoms with van der Waals surface area (Å²) in [5.74, 6) is 0.277. The van der Waals surface area contributed by atoms with Crippen LogP contribution in [0.2, 0.25) is 0 Å². The van der Waals surface area contributed by atoms with Gasteiger partial charge in [0.05, 0.1) is 23.9 Å². The van der Waals surface area contributed by atoms with Crippen molar-refractivity contribution in [1.29, 1.82) is 0 Å². The average molecular weight is 456 g/mol. The fourth-order valence-corrected chi connectivity index (χ4v) is 4.09. The van der Waals surface area contributed by atoms with E-state index in [-0.39, 0.29) is 12.5 Å². The highest BCUT2D eigenvalue weighted by atomic mass is 32.2. The molecule has 162 valence electrons. The van der Waals surface area contributed by atoms with Crippen LogP contribution in [0, 0.1) is 0 Å². The molecule has 0 fully saturated rings. The lowest BCUT2D eigenvalue weighted by molar-refractivity contribution is -0.114. The first kappa shape index (κ1) is 21.7. The molecule has 0 unspecified atom stereocenters. The van der Waals surface area contributed by atoms with Crippen molar-refractivity contribution in [3.05, 3.63) is 42.5 Å². The molecule has 2 aromatic rings. The van der Waals surface area contributed by atoms with Crippen LogP contribution in [0.4, 0.5) is 17.1 Å². The van der Waals surface area contributed by atoms with E-state index in [1.165, 1.54) is 25.2 Å². The lowest BCUT2D eigenvalue weighted by Gasteiger charge is -2.22. The molecule has 0 atom stereocenters. The highest BCUT2D eigenvalue weighted by Crippen LogP contribution is 2.36. The van der Waals surface area contributed by atoms with Crippen molar-refractivity contribution in [2.45, 2.75) is 0 Å². The minimum Gasteiger partial charge on any atom is -0.454 e. The Labute approximate surface area is 175 Å². The summed E-state index contributed by atoms with van der Waals surface area (Å²) in [6, 6.07) is 10.8. The first-order chi connectivity index (χ1) is 13.9. The molecular weight excluding hydrogens is 434 g/mol. The molecule has 1 aliphatic heterocycles. The second kappa shape index (κ2) is 8.03. The molecule has 0 saturated heterocycles. The van der Waals surface area contributed by atoms with E-state index in [4.69, 9.17) is 9.47 Å². The maximum Gasteiger partial charge on any atom is 0.245 e. The smallest absolute Gasteiger partial charge is 0.245 e. The third-order valence-corrected chi connectivity index (χ3v) is 6.67. The van der Waals surface area contributed by atoms with Crippen molar-refractivity contribution in [1.82, 2.24) is 0 Å². The Morgan fingerprint density at radius 2 is 1.67 bits per heavy atom. The summed E-state index contributed by atoms with van der Waals surface area (Å²) >= 11 is 0. The van der Waals surface area contributed by atoms with Crippen LogP contribution >= 0.6 is 0 Å². The van der Waals surface area contributed by atoms with E-state index >= 15 is 0 Å². The molecule has 2 aromatic carbocycles. The number of amides is 1. The summed E-state index contributed by atoms with van der Waals surface area (Å²) < 4.78 is 60.5. The van der Waals surface area contributed by atoms with Gasteiger partial charge in [-0.25, -0.2) is 16.8 Å². The number of fused-ring (bicyclic) bond motifs is 1. The SMILES string of the molecule is CN(c1cccc(NC(=O)CN(c2ccc3c(c2)OCO3)S(C)(=O)=O)c1)S(C)(=O)=O. The monoisotopic (exact) mass is 455 g/mol. The number of hydrogen-bond acceptors (Lipinski definition) is 7. The molecular formula is C18H21N3O7S2. The van der Waals surface area contributed by atoms with Crippen molar-refractivity contribution in [3.8, 4) is 11.5 Å². The Balaban J connectivity index is 1.79. The quantitative estimate of drug-likeness (QED) is 0.666. The first-order valence-electron chi connectivity index (χ1n) is 8.66. The van der Waals surface area contributed by atoms with Crippen LogP contribution in [0.5, 0.6) is 11.5 Å². The van der Waals surface area contributed by atoms with Gasteiger partial charge < -0.3 is 14.8 Å². The zero-order valence-corrected chi connectivity index (χ0v) is 18.2. The zero-order valence-electron chi connectivity index (χ0n) is 16.5. The first-order valence-corrected chi connectivity index (χ1v) is 12.4. The number of benzene rings is 2. The second-order valence-corrected chi connectivity index (χ2v) is 10.6. The van der Waals surface area contributed by atoms with Crippen molar-refractivity contribution < 1.29 is 31.1 Å². The van der Waals surface area contributed by atoms with Gasteiger partial charge in [-0.2, -0.15) is 0 Å². The van der Waals surface area contributed by atoms with Gasteiger partial charge in [0.1, 0.15) is 6.54 Å². The van der Waals surface area contributed by atoms with Gasteiger partial charge >= 0.3 is 0 Å². The summed E-state index contributed by atoms with van der Waals surface area (Å²) in [5.41, 5.74) is 0.931. The van der Waals surface area contributed by atoms with Crippen LogP contribution in [-0.2, 0) is 24.8 Å². The Hall–Kier alpha value is -2.99. The van der Waals surface area contributed by atoms with Crippen molar-refractivity contribution >= 4 is 43.0 Å². The normalized spacial score (nSPS) is 13.0. The average Bonchev–Trinajstić information content (AvgIpc) is 3.11. The lowest BCUT2D eigenvalue weighted by Crippen LogP contribution is -2.37. The number of carbonyl (C=O) groups is 1. The van der Waals surface area contributed by atoms with E-state index in [2.05, 4.69) is 5.32 Å². The van der Waals surface area contributed by atoms with Gasteiger partial charge in [0, 0.05) is 18.8 Å². The number of sulfonamides is 2. The molecule has 0 radical (unpaired) electrons. The summed E-state index contributed by atoms with van der Waals surface area (Å²) in [7, 11) is -5.85. The zero-order chi connectivity index (χ0) is 22.1. The van der Waals surface area contributed by atoms with Gasteiger partial charge in [-0.1, -0.05) is 6.07 Å². The summed E-state index contributed by atoms with van der Waals surface area (Å²) in [4.78, 5) is 12.5. The van der Waals surface area contributed by atoms with Crippen molar-refractivity contribution in [2.75, 3.05) is 46.8 Å². The molecule has 1 heterocycles. The van der Waals surface area contributed by atoms with E-state index < -0.39 is 32.5 Å². The molecule has 12 heteroatoms. The van der Waals surface area contributed by atoms with Crippen LogP contribution in [0.25, 0.3) is 0 Å². The summed E-state index contributed by atoms with van der Waals surface area (Å²) in [6.07, 6.45) is 2.06. The molecule has 0 spiro atoms. The molecule has 3 rings (SSSR count). The van der Waals surface area contributed by atoms with E-state index in [0.717, 1.165) is 21.1 Å². The minimum atomic E-state index is -3.78. The Morgan fingerprint density at radius 1 is 0.967 bits per heavy atom. The van der Waals surface area contributed by atoms with Crippen LogP contribution in [0.3, 0.4) is 0 Å². The number of ether oxygens (including phenoxy) is 2. The van der Waals surface area contributed by atoms with E-state index in [9.17, 15) is 21.6 Å². The standard InChI is InChI=1S/C18H21N3O7S2/c1-20(29(2,23)24)14-6-4-5-13(9-14)19-18(22)11-21(30(3,25)26)15-7-8-16-17(10-15)28-12-27-16/h4-10H,11-12H2,1-3H3,(H,19,22). The highest BCUT2D eigenvalue weighted by molar-refractivity contribution is 7.92. The maximum absolute atomic E-state index is 12.5. The van der Waals surface area contributed by atoms with E-state index in [1.807, 2.05) is 0 Å². The van der Waals surface area contributed by atoms with E-state index in [0.29, 0.717) is 22.9 Å². The second-order valence-electron chi connectivity index (χ2n) is 6.64. The van der Waals surface area contributed by atoms with Gasteiger partial charge in [-0.15, -0.1) is 0 Å². The number of rotatable bonds is 7. The number of nitrogens with zero attached hydrogens (tertiary/aromatic N) is 2. The number of carbonyl (C=O) groups excluding carboxylic acids is 1. The third kappa shape index (κ3) is 4.94. The van der Waals surface area contributed by atoms with Gasteiger partial charge in [-0.3, -0.25) is 13.4 Å². The summed E-state index contributed by atoms with van der Waals surface area (Å²) in [6.45, 7) is -0.443. The van der Waals surface area contributed by atoms with Crippen molar-refractivity contribution in [3.63, 3.8) is 0 Å². The summed E-state index contributed by atoms with van der Waals surface area (Å²) in [5, 5.41) is 2.59. The molecule has 1 amide bonds. The molecule has 1 aliphatic rings. The molecule has 10 nitrogen and oxygen atoms in total. The fourth-order valence-electron chi connectivity index (χ4n) is 2.74. The molecule has 0 bridgehead atoms. The molecule has 0 saturated carbocycles. The molecule has 0 aromatic heterocycles. The van der Waals surface area contributed by atoms with Gasteiger partial charge in [-0.05, 0) is 30.3 Å². The molecule has 0 aliphatic carbocycles. The largest absolute Gasteiger partial charge is 0.454 e. The number of hydrogen-bond donors (Lipinski definition) is 1. The van der Waals surface area contributed by atoms with Crippen LogP contribution < -0.4 is 23.4 Å². The highest BCUT2D eigenvalue weighted by Gasteiger charge is 2.24. The molecule has 30 heavy (non-hydrogen) atoms. The number of nitrogens with one attached hydrogen (secondary N) is 1. The third-order valence-electron chi connectivity index (χ3n) is 4.32. The number of anilines is 3. The van der Waals surface area contributed by atoms with Gasteiger partial charge in [0.25, 0.3) is 0 Å². The Kier molecular flexibility index (Phi) is 5.81. The van der Waals surface area contributed by atoms with Crippen LogP contribution in [0.15, 0.2) is 42.5 Å². The lowest BCUT2D eigenvalue weighted by atomic mass is 10.2. The molecule has 1 N–H and O–H groups in total. The Morgan fingerprint density at radius 3 is 2.33 bits per heavy atom. The van der Waals surface area contributed by atoms with E-state index in [1.54, 1.807) is 24.3 Å². The van der Waals surface area contributed by atoms with Crippen LogP contribution in [0.1, 0.15) is 0 Å². The minimum absolute atomic E-state index is 0.0381. The van der Waals surface area contributed by atoms with Gasteiger partial charge in [0.15, 0.2) is 11.5 Å². The maximum atomic E-state index is 12.5.